The molecule has 0 spiro atoms. The number of nitrogens with zero attached hydrogens (tertiary/aromatic N) is 1. The van der Waals surface area contributed by atoms with Crippen molar-refractivity contribution in [2.45, 2.75) is 11.8 Å². The van der Waals surface area contributed by atoms with E-state index in [9.17, 15) is 8.42 Å². The number of aryl methyl sites for hydroxylation is 1. The van der Waals surface area contributed by atoms with Gasteiger partial charge in [-0.3, -0.25) is 4.31 Å². The molecule has 5 nitrogen and oxygen atoms in total. The Balaban J connectivity index is 1.98. The van der Waals surface area contributed by atoms with Crippen LogP contribution in [-0.4, -0.2) is 28.7 Å². The molecule has 0 fully saturated rings. The lowest BCUT2D eigenvalue weighted by Gasteiger charge is -2.22. The third-order valence-corrected chi connectivity index (χ3v) is 6.35. The first-order valence-electron chi connectivity index (χ1n) is 7.04. The zero-order valence-corrected chi connectivity index (χ0v) is 15.1. The summed E-state index contributed by atoms with van der Waals surface area (Å²) in [5.41, 5.74) is 1.56. The highest BCUT2D eigenvalue weighted by Crippen LogP contribution is 2.34. The molecule has 0 bridgehead atoms. The van der Waals surface area contributed by atoms with Gasteiger partial charge in [0.25, 0.3) is 10.0 Å². The van der Waals surface area contributed by atoms with Gasteiger partial charge in [-0.05, 0) is 42.8 Å². The van der Waals surface area contributed by atoms with E-state index < -0.39 is 10.0 Å². The number of hydrogen-bond donors (Lipinski definition) is 0. The minimum atomic E-state index is -3.67. The molecule has 2 aromatic rings. The van der Waals surface area contributed by atoms with Gasteiger partial charge in [0.2, 0.25) is 0 Å². The number of fused-ring (bicyclic) bond motifs is 1. The summed E-state index contributed by atoms with van der Waals surface area (Å²) in [5, 5.41) is 0. The lowest BCUT2D eigenvalue weighted by atomic mass is 10.2. The van der Waals surface area contributed by atoms with Crippen LogP contribution in [0.15, 0.2) is 45.8 Å². The minimum absolute atomic E-state index is 0.171. The van der Waals surface area contributed by atoms with Crippen LogP contribution in [0.4, 0.5) is 5.69 Å². The topological polar surface area (TPSA) is 55.8 Å². The van der Waals surface area contributed by atoms with E-state index in [1.165, 1.54) is 23.5 Å². The molecule has 23 heavy (non-hydrogen) atoms. The molecular formula is C16H16BrNO4S. The molecule has 0 radical (unpaired) electrons. The molecule has 3 rings (SSSR count). The number of benzene rings is 2. The number of ether oxygens (including phenoxy) is 2. The highest BCUT2D eigenvalue weighted by Gasteiger charge is 2.24. The van der Waals surface area contributed by atoms with Crippen LogP contribution < -0.4 is 13.8 Å². The van der Waals surface area contributed by atoms with Crippen LogP contribution in [0.25, 0.3) is 0 Å². The van der Waals surface area contributed by atoms with E-state index >= 15 is 0 Å². The average Bonchev–Trinajstić information content (AvgIpc) is 2.56. The van der Waals surface area contributed by atoms with Crippen molar-refractivity contribution >= 4 is 31.6 Å². The second kappa shape index (κ2) is 6.05. The van der Waals surface area contributed by atoms with Gasteiger partial charge >= 0.3 is 0 Å². The smallest absolute Gasteiger partial charge is 0.264 e. The van der Waals surface area contributed by atoms with Crippen molar-refractivity contribution in [1.29, 1.82) is 0 Å². The van der Waals surface area contributed by atoms with Crippen molar-refractivity contribution in [1.82, 2.24) is 0 Å². The summed E-state index contributed by atoms with van der Waals surface area (Å²) in [4.78, 5) is 0.171. The normalized spacial score (nSPS) is 13.7. The highest BCUT2D eigenvalue weighted by molar-refractivity contribution is 9.10. The van der Waals surface area contributed by atoms with Gasteiger partial charge in [-0.25, -0.2) is 8.42 Å². The van der Waals surface area contributed by atoms with Crippen LogP contribution in [0, 0.1) is 6.92 Å². The largest absolute Gasteiger partial charge is 0.486 e. The van der Waals surface area contributed by atoms with E-state index in [2.05, 4.69) is 15.9 Å². The van der Waals surface area contributed by atoms with Crippen LogP contribution in [0.1, 0.15) is 5.56 Å². The average molecular weight is 398 g/mol. The molecule has 0 N–H and O–H groups in total. The Labute approximate surface area is 144 Å². The van der Waals surface area contributed by atoms with E-state index in [-0.39, 0.29) is 4.90 Å². The maximum absolute atomic E-state index is 12.8. The first kappa shape index (κ1) is 16.1. The Bertz CT molecular complexity index is 851. The van der Waals surface area contributed by atoms with Gasteiger partial charge in [-0.15, -0.1) is 0 Å². The molecule has 7 heteroatoms. The van der Waals surface area contributed by atoms with Gasteiger partial charge < -0.3 is 9.47 Å². The molecule has 1 aliphatic heterocycles. The predicted octanol–water partition coefficient (Wildman–Crippen LogP) is 3.35. The zero-order chi connectivity index (χ0) is 16.6. The van der Waals surface area contributed by atoms with Crippen LogP contribution in [0.5, 0.6) is 11.5 Å². The van der Waals surface area contributed by atoms with Crippen molar-refractivity contribution in [2.24, 2.45) is 0 Å². The number of rotatable bonds is 3. The molecule has 1 heterocycles. The molecule has 0 saturated heterocycles. The molecule has 2 aromatic carbocycles. The van der Waals surface area contributed by atoms with E-state index in [0.29, 0.717) is 30.4 Å². The van der Waals surface area contributed by atoms with Crippen molar-refractivity contribution in [2.75, 3.05) is 24.6 Å². The van der Waals surface area contributed by atoms with Crippen LogP contribution in [0.2, 0.25) is 0 Å². The molecule has 0 amide bonds. The van der Waals surface area contributed by atoms with Crippen molar-refractivity contribution in [3.63, 3.8) is 0 Å². The monoisotopic (exact) mass is 397 g/mol. The second-order valence-electron chi connectivity index (χ2n) is 5.21. The summed E-state index contributed by atoms with van der Waals surface area (Å²) in [7, 11) is -2.14. The zero-order valence-electron chi connectivity index (χ0n) is 12.7. The summed E-state index contributed by atoms with van der Waals surface area (Å²) in [5.74, 6) is 1.02. The maximum atomic E-state index is 12.8. The molecule has 122 valence electrons. The molecule has 0 atom stereocenters. The van der Waals surface area contributed by atoms with Crippen molar-refractivity contribution in [3.05, 3.63) is 46.4 Å². The summed E-state index contributed by atoms with van der Waals surface area (Å²) in [6, 6.07) is 10.1. The Morgan fingerprint density at radius 3 is 2.43 bits per heavy atom. The van der Waals surface area contributed by atoms with Gasteiger partial charge in [0.05, 0.1) is 10.6 Å². The summed E-state index contributed by atoms with van der Waals surface area (Å²) < 4.78 is 38.8. The Morgan fingerprint density at radius 2 is 1.74 bits per heavy atom. The fourth-order valence-corrected chi connectivity index (χ4v) is 3.76. The molecule has 0 aliphatic carbocycles. The fraction of sp³-hybridized carbons (Fsp3) is 0.250. The molecule has 0 aromatic heterocycles. The van der Waals surface area contributed by atoms with E-state index in [1.807, 2.05) is 19.1 Å². The number of anilines is 1. The Hall–Kier alpha value is -1.73. The summed E-state index contributed by atoms with van der Waals surface area (Å²) >= 11 is 3.42. The van der Waals surface area contributed by atoms with Gasteiger partial charge in [-0.2, -0.15) is 0 Å². The molecule has 1 aliphatic rings. The van der Waals surface area contributed by atoms with Gasteiger partial charge in [-0.1, -0.05) is 15.9 Å². The first-order chi connectivity index (χ1) is 10.9. The van der Waals surface area contributed by atoms with Crippen LogP contribution in [-0.2, 0) is 10.0 Å². The number of halogens is 1. The van der Waals surface area contributed by atoms with Crippen molar-refractivity contribution < 1.29 is 17.9 Å². The predicted molar refractivity (Wildman–Crippen MR) is 91.9 cm³/mol. The molecule has 0 saturated carbocycles. The lowest BCUT2D eigenvalue weighted by molar-refractivity contribution is 0.171. The SMILES string of the molecule is Cc1cc(N(C)S(=O)(=O)c2ccc3c(c2)OCCO3)ccc1Br. The minimum Gasteiger partial charge on any atom is -0.486 e. The number of sulfonamides is 1. The van der Waals surface area contributed by atoms with Crippen molar-refractivity contribution in [3.8, 4) is 11.5 Å². The second-order valence-corrected chi connectivity index (χ2v) is 8.04. The Morgan fingerprint density at radius 1 is 1.04 bits per heavy atom. The van der Waals surface area contributed by atoms with E-state index in [0.717, 1.165) is 10.0 Å². The lowest BCUT2D eigenvalue weighted by Crippen LogP contribution is -2.27. The van der Waals surface area contributed by atoms with Gasteiger partial charge in [0.1, 0.15) is 13.2 Å². The third kappa shape index (κ3) is 3.03. The fourth-order valence-electron chi connectivity index (χ4n) is 2.31. The molecule has 0 unspecified atom stereocenters. The Kier molecular flexibility index (Phi) is 4.25. The first-order valence-corrected chi connectivity index (χ1v) is 9.27. The van der Waals surface area contributed by atoms with Gasteiger partial charge in [0.15, 0.2) is 11.5 Å². The molecular weight excluding hydrogens is 382 g/mol. The highest BCUT2D eigenvalue weighted by atomic mass is 79.9. The third-order valence-electron chi connectivity index (χ3n) is 3.68. The standard InChI is InChI=1S/C16H16BrNO4S/c1-11-9-12(3-5-14(11)17)18(2)23(19,20)13-4-6-15-16(10-13)22-8-7-21-15/h3-6,9-10H,7-8H2,1-2H3. The summed E-state index contributed by atoms with van der Waals surface area (Å²) in [6.07, 6.45) is 0. The van der Waals surface area contributed by atoms with Gasteiger partial charge in [0, 0.05) is 17.6 Å². The maximum Gasteiger partial charge on any atom is 0.264 e. The van der Waals surface area contributed by atoms with E-state index in [1.54, 1.807) is 12.1 Å². The number of hydrogen-bond acceptors (Lipinski definition) is 4. The van der Waals surface area contributed by atoms with Crippen LogP contribution >= 0.6 is 15.9 Å². The quantitative estimate of drug-likeness (QED) is 0.796. The summed E-state index contributed by atoms with van der Waals surface area (Å²) in [6.45, 7) is 2.80. The van der Waals surface area contributed by atoms with E-state index in [4.69, 9.17) is 9.47 Å². The van der Waals surface area contributed by atoms with Crippen LogP contribution in [0.3, 0.4) is 0 Å².